The molecule has 1 aliphatic heterocycles. The van der Waals surface area contributed by atoms with Gasteiger partial charge in [-0.15, -0.1) is 0 Å². The fourth-order valence-corrected chi connectivity index (χ4v) is 5.76. The van der Waals surface area contributed by atoms with Crippen molar-refractivity contribution >= 4 is 0 Å². The Labute approximate surface area is 271 Å². The highest BCUT2D eigenvalue weighted by Gasteiger charge is 2.57. The molecule has 1 fully saturated rings. The van der Waals surface area contributed by atoms with E-state index in [1.807, 2.05) is 152 Å². The van der Waals surface area contributed by atoms with Crippen LogP contribution in [-0.4, -0.2) is 36.1 Å². The first-order valence-electron chi connectivity index (χ1n) is 15.7. The lowest BCUT2D eigenvalue weighted by Crippen LogP contribution is -2.65. The summed E-state index contributed by atoms with van der Waals surface area (Å²) < 4.78 is 33.0. The zero-order valence-electron chi connectivity index (χ0n) is 25.8. The molecule has 46 heavy (non-hydrogen) atoms. The number of hydrogen-bond donors (Lipinski definition) is 1. The molecule has 0 aliphatic carbocycles. The Morgan fingerprint density at radius 2 is 0.870 bits per heavy atom. The molecule has 1 unspecified atom stereocenters. The van der Waals surface area contributed by atoms with Crippen molar-refractivity contribution in [3.63, 3.8) is 0 Å². The molecule has 6 heteroatoms. The first-order chi connectivity index (χ1) is 22.7. The molecule has 236 valence electrons. The quantitative estimate of drug-likeness (QED) is 0.142. The SMILES string of the molecule is OC1(c2ccccc2)O[C@H](COCc2ccccc2)[C@@H](OCc2ccccc2)[C@H](OCc2ccccc2)[C@@H]1OCc1ccccc1. The minimum absolute atomic E-state index is 0.167. The van der Waals surface area contributed by atoms with Crippen molar-refractivity contribution < 1.29 is 28.8 Å². The number of hydrogen-bond acceptors (Lipinski definition) is 6. The predicted molar refractivity (Wildman–Crippen MR) is 176 cm³/mol. The summed E-state index contributed by atoms with van der Waals surface area (Å²) in [6.07, 6.45) is -2.98. The second-order valence-electron chi connectivity index (χ2n) is 11.5. The van der Waals surface area contributed by atoms with Gasteiger partial charge in [0.25, 0.3) is 0 Å². The summed E-state index contributed by atoms with van der Waals surface area (Å²) in [6, 6.07) is 49.2. The van der Waals surface area contributed by atoms with E-state index < -0.39 is 30.2 Å². The fourth-order valence-electron chi connectivity index (χ4n) is 5.76. The van der Waals surface area contributed by atoms with Gasteiger partial charge >= 0.3 is 0 Å². The molecule has 0 amide bonds. The van der Waals surface area contributed by atoms with Crippen LogP contribution in [0.4, 0.5) is 0 Å². The molecule has 0 aromatic heterocycles. The third kappa shape index (κ3) is 8.17. The van der Waals surface area contributed by atoms with Crippen LogP contribution in [-0.2, 0) is 55.9 Å². The molecule has 5 atom stereocenters. The normalized spacial score (nSPS) is 22.8. The van der Waals surface area contributed by atoms with Crippen molar-refractivity contribution in [3.8, 4) is 0 Å². The van der Waals surface area contributed by atoms with E-state index in [2.05, 4.69) is 0 Å². The van der Waals surface area contributed by atoms with E-state index in [1.54, 1.807) is 0 Å². The molecule has 1 heterocycles. The summed E-state index contributed by atoms with van der Waals surface area (Å²) in [6.45, 7) is 1.42. The van der Waals surface area contributed by atoms with Crippen LogP contribution in [0.3, 0.4) is 0 Å². The Morgan fingerprint density at radius 1 is 0.478 bits per heavy atom. The number of aliphatic hydroxyl groups is 1. The van der Waals surface area contributed by atoms with Gasteiger partial charge in [0.05, 0.1) is 33.0 Å². The molecule has 5 aromatic carbocycles. The highest BCUT2D eigenvalue weighted by Crippen LogP contribution is 2.41. The van der Waals surface area contributed by atoms with Crippen LogP contribution in [0, 0.1) is 0 Å². The van der Waals surface area contributed by atoms with E-state index in [4.69, 9.17) is 23.7 Å². The summed E-state index contributed by atoms with van der Waals surface area (Å²) in [4.78, 5) is 0. The Balaban J connectivity index is 1.36. The van der Waals surface area contributed by atoms with E-state index in [-0.39, 0.29) is 13.2 Å². The average Bonchev–Trinajstić information content (AvgIpc) is 3.12. The van der Waals surface area contributed by atoms with Crippen LogP contribution >= 0.6 is 0 Å². The minimum atomic E-state index is -1.86. The lowest BCUT2D eigenvalue weighted by Gasteiger charge is -2.50. The molecule has 6 nitrogen and oxygen atoms in total. The number of benzene rings is 5. The first kappa shape index (κ1) is 31.8. The molecule has 0 saturated carbocycles. The van der Waals surface area contributed by atoms with Crippen LogP contribution in [0.25, 0.3) is 0 Å². The van der Waals surface area contributed by atoms with Crippen LogP contribution in [0.15, 0.2) is 152 Å². The van der Waals surface area contributed by atoms with Gasteiger partial charge in [0.15, 0.2) is 0 Å². The van der Waals surface area contributed by atoms with Crippen molar-refractivity contribution in [2.75, 3.05) is 6.61 Å². The zero-order valence-corrected chi connectivity index (χ0v) is 25.8. The maximum atomic E-state index is 12.6. The number of rotatable bonds is 14. The topological polar surface area (TPSA) is 66.4 Å². The zero-order chi connectivity index (χ0) is 31.4. The minimum Gasteiger partial charge on any atom is -0.374 e. The van der Waals surface area contributed by atoms with Gasteiger partial charge in [-0.1, -0.05) is 152 Å². The van der Waals surface area contributed by atoms with Crippen molar-refractivity contribution in [1.29, 1.82) is 0 Å². The molecule has 0 radical (unpaired) electrons. The van der Waals surface area contributed by atoms with E-state index in [0.29, 0.717) is 25.4 Å². The van der Waals surface area contributed by atoms with Crippen molar-refractivity contribution in [1.82, 2.24) is 0 Å². The molecule has 5 aromatic rings. The van der Waals surface area contributed by atoms with Gasteiger partial charge in [-0.2, -0.15) is 0 Å². The standard InChI is InChI=1S/C40H40O6/c41-40(35-24-14-5-15-25-35)39(45-29-34-22-12-4-13-23-34)38(44-28-33-20-10-3-11-21-33)37(43-27-32-18-8-2-9-19-32)36(46-40)30-42-26-31-16-6-1-7-17-31/h1-25,36-39,41H,26-30H2/t36-,37-,38+,39+,40?/m1/s1. The fraction of sp³-hybridized carbons (Fsp3) is 0.250. The van der Waals surface area contributed by atoms with E-state index >= 15 is 0 Å². The molecular weight excluding hydrogens is 576 g/mol. The van der Waals surface area contributed by atoms with E-state index in [1.165, 1.54) is 0 Å². The van der Waals surface area contributed by atoms with Crippen molar-refractivity contribution in [2.45, 2.75) is 56.6 Å². The third-order valence-corrected chi connectivity index (χ3v) is 8.13. The average molecular weight is 617 g/mol. The second-order valence-corrected chi connectivity index (χ2v) is 11.5. The molecule has 1 saturated heterocycles. The Kier molecular flexibility index (Phi) is 11.0. The largest absolute Gasteiger partial charge is 0.374 e. The van der Waals surface area contributed by atoms with Gasteiger partial charge in [0, 0.05) is 5.56 Å². The van der Waals surface area contributed by atoms with Crippen LogP contribution in [0.2, 0.25) is 0 Å². The summed E-state index contributed by atoms with van der Waals surface area (Å²) >= 11 is 0. The smallest absolute Gasteiger partial charge is 0.222 e. The first-order valence-corrected chi connectivity index (χ1v) is 15.7. The van der Waals surface area contributed by atoms with Crippen LogP contribution in [0.5, 0.6) is 0 Å². The van der Waals surface area contributed by atoms with E-state index in [0.717, 1.165) is 22.3 Å². The summed E-state index contributed by atoms with van der Waals surface area (Å²) in [5.74, 6) is -1.86. The molecule has 0 spiro atoms. The lowest BCUT2D eigenvalue weighted by molar-refractivity contribution is -0.378. The maximum Gasteiger partial charge on any atom is 0.222 e. The predicted octanol–water partition coefficient (Wildman–Crippen LogP) is 7.20. The highest BCUT2D eigenvalue weighted by molar-refractivity contribution is 5.25. The Bertz CT molecular complexity index is 1570. The maximum absolute atomic E-state index is 12.6. The van der Waals surface area contributed by atoms with Crippen LogP contribution < -0.4 is 0 Å². The van der Waals surface area contributed by atoms with Gasteiger partial charge in [0.2, 0.25) is 5.79 Å². The molecule has 1 aliphatic rings. The molecular formula is C40H40O6. The van der Waals surface area contributed by atoms with Gasteiger partial charge < -0.3 is 28.8 Å². The summed E-state index contributed by atoms with van der Waals surface area (Å²) in [7, 11) is 0. The molecule has 1 N–H and O–H groups in total. The van der Waals surface area contributed by atoms with Gasteiger partial charge in [-0.25, -0.2) is 0 Å². The van der Waals surface area contributed by atoms with E-state index in [9.17, 15) is 5.11 Å². The lowest BCUT2D eigenvalue weighted by atomic mass is 9.87. The Morgan fingerprint density at radius 3 is 1.35 bits per heavy atom. The molecule has 0 bridgehead atoms. The van der Waals surface area contributed by atoms with Gasteiger partial charge in [-0.05, 0) is 22.3 Å². The van der Waals surface area contributed by atoms with Crippen molar-refractivity contribution in [2.24, 2.45) is 0 Å². The monoisotopic (exact) mass is 616 g/mol. The summed E-state index contributed by atoms with van der Waals surface area (Å²) in [5, 5.41) is 12.6. The highest BCUT2D eigenvalue weighted by atomic mass is 16.7. The molecule has 6 rings (SSSR count). The third-order valence-electron chi connectivity index (χ3n) is 8.13. The summed E-state index contributed by atoms with van der Waals surface area (Å²) in [5.41, 5.74) is 4.58. The number of ether oxygens (including phenoxy) is 5. The Hall–Kier alpha value is -4.14. The van der Waals surface area contributed by atoms with Crippen LogP contribution in [0.1, 0.15) is 27.8 Å². The van der Waals surface area contributed by atoms with Crippen molar-refractivity contribution in [3.05, 3.63) is 179 Å². The second kappa shape index (κ2) is 15.9. The van der Waals surface area contributed by atoms with Gasteiger partial charge in [0.1, 0.15) is 24.4 Å². The van der Waals surface area contributed by atoms with Gasteiger partial charge in [-0.3, -0.25) is 0 Å².